The molecule has 4 N–H and O–H groups in total. The summed E-state index contributed by atoms with van der Waals surface area (Å²) in [5.74, 6) is -0.723. The molecule has 28 heavy (non-hydrogen) atoms. The first-order valence-electron chi connectivity index (χ1n) is 10.8. The normalized spacial score (nSPS) is 16.0. The van der Waals surface area contributed by atoms with Crippen molar-refractivity contribution in [3.8, 4) is 0 Å². The molecule has 0 saturated heterocycles. The van der Waals surface area contributed by atoms with Crippen LogP contribution in [0.15, 0.2) is 23.7 Å². The minimum absolute atomic E-state index is 0.0877. The molecule has 0 bridgehead atoms. The van der Waals surface area contributed by atoms with Crippen LogP contribution in [0, 0.1) is 0 Å². The summed E-state index contributed by atoms with van der Waals surface area (Å²) in [6.45, 7) is 6.13. The molecule has 0 heterocycles. The topological polar surface area (TPSA) is 98.0 Å². The zero-order valence-corrected chi connectivity index (χ0v) is 18.1. The second-order valence-electron chi connectivity index (χ2n) is 7.63. The zero-order valence-electron chi connectivity index (χ0n) is 18.1. The highest BCUT2D eigenvalue weighted by Crippen LogP contribution is 2.22. The van der Waals surface area contributed by atoms with E-state index in [-0.39, 0.29) is 42.2 Å². The molecule has 1 atom stereocenters. The molecule has 0 radical (unpaired) electrons. The van der Waals surface area contributed by atoms with Gasteiger partial charge in [0.1, 0.15) is 31.2 Å². The van der Waals surface area contributed by atoms with Crippen LogP contribution in [0.4, 0.5) is 0 Å². The van der Waals surface area contributed by atoms with E-state index in [9.17, 15) is 25.2 Å². The van der Waals surface area contributed by atoms with Crippen LogP contribution in [0.2, 0.25) is 0 Å². The fraction of sp³-hybridized carbons (Fsp3) is 0.773. The molecule has 0 aromatic carbocycles. The third-order valence-electron chi connectivity index (χ3n) is 5.21. The average molecular weight is 401 g/mol. The van der Waals surface area contributed by atoms with E-state index in [1.807, 2.05) is 0 Å². The van der Waals surface area contributed by atoms with Gasteiger partial charge in [-0.05, 0) is 37.8 Å². The lowest BCUT2D eigenvalue weighted by Gasteiger charge is -2.42. The predicted octanol–water partition coefficient (Wildman–Crippen LogP) is 4.70. The molecule has 0 aliphatic rings. The van der Waals surface area contributed by atoms with E-state index in [0.717, 1.165) is 51.4 Å². The summed E-state index contributed by atoms with van der Waals surface area (Å²) < 4.78 is -0.0887. The summed E-state index contributed by atoms with van der Waals surface area (Å²) in [7, 11) is 0. The van der Waals surface area contributed by atoms with Crippen LogP contribution in [0.1, 0.15) is 78.6 Å². The van der Waals surface area contributed by atoms with Crippen LogP contribution >= 0.6 is 0 Å². The van der Waals surface area contributed by atoms with E-state index in [0.29, 0.717) is 6.42 Å². The number of hydrogen-bond donors (Lipinski definition) is 4. The Morgan fingerprint density at radius 1 is 0.857 bits per heavy atom. The maximum absolute atomic E-state index is 11.9. The number of carboxylic acid groups (broad SMARTS) is 1. The van der Waals surface area contributed by atoms with Gasteiger partial charge in [0.2, 0.25) is 0 Å². The van der Waals surface area contributed by atoms with Gasteiger partial charge in [0.25, 0.3) is 0 Å². The molecule has 6 heteroatoms. The van der Waals surface area contributed by atoms with Crippen LogP contribution in [-0.4, -0.2) is 63.2 Å². The third-order valence-corrected chi connectivity index (χ3v) is 5.21. The summed E-state index contributed by atoms with van der Waals surface area (Å²) >= 11 is 0. The maximum Gasteiger partial charge on any atom is 0.362 e. The van der Waals surface area contributed by atoms with Gasteiger partial charge in [-0.2, -0.15) is 0 Å². The zero-order chi connectivity index (χ0) is 21.4. The first-order chi connectivity index (χ1) is 13.4. The van der Waals surface area contributed by atoms with E-state index >= 15 is 0 Å². The monoisotopic (exact) mass is 400 g/mol. The van der Waals surface area contributed by atoms with Crippen LogP contribution in [0.25, 0.3) is 0 Å². The molecule has 0 saturated carbocycles. The van der Waals surface area contributed by atoms with Crippen molar-refractivity contribution in [2.75, 3.05) is 26.2 Å². The molecule has 0 amide bonds. The Morgan fingerprint density at radius 2 is 1.32 bits per heavy atom. The minimum Gasteiger partial charge on any atom is -0.507 e. The number of allylic oxidation sites excluding steroid dienone is 2. The molecule has 164 valence electrons. The number of unbranched alkanes of at least 4 members (excludes halogenated alkanes) is 6. The average Bonchev–Trinajstić information content (AvgIpc) is 2.62. The highest BCUT2D eigenvalue weighted by Gasteiger charge is 2.42. The van der Waals surface area contributed by atoms with Gasteiger partial charge in [-0.25, -0.2) is 4.79 Å². The highest BCUT2D eigenvalue weighted by atomic mass is 16.4. The Morgan fingerprint density at radius 3 is 1.64 bits per heavy atom. The van der Waals surface area contributed by atoms with E-state index in [2.05, 4.69) is 13.8 Å². The Balaban J connectivity index is 5.54. The number of aliphatic hydroxyl groups excluding tert-OH is 3. The Kier molecular flexibility index (Phi) is 14.6. The SMILES string of the molecule is CCCCC/C=C(\O)C[N+](CCO)(C/C(O)=C/CCCCC)C(CC)C(=O)O. The first kappa shape index (κ1) is 26.5. The lowest BCUT2D eigenvalue weighted by Crippen LogP contribution is -2.61. The van der Waals surface area contributed by atoms with Crippen molar-refractivity contribution in [3.05, 3.63) is 23.7 Å². The fourth-order valence-electron chi connectivity index (χ4n) is 3.69. The van der Waals surface area contributed by atoms with Gasteiger partial charge in [0, 0.05) is 6.42 Å². The second kappa shape index (κ2) is 15.4. The van der Waals surface area contributed by atoms with Gasteiger partial charge in [0.15, 0.2) is 6.04 Å². The van der Waals surface area contributed by atoms with Gasteiger partial charge in [-0.3, -0.25) is 4.48 Å². The van der Waals surface area contributed by atoms with E-state index in [1.165, 1.54) is 0 Å². The first-order valence-corrected chi connectivity index (χ1v) is 10.8. The van der Waals surface area contributed by atoms with E-state index in [4.69, 9.17) is 0 Å². The third kappa shape index (κ3) is 10.1. The summed E-state index contributed by atoms with van der Waals surface area (Å²) in [5, 5.41) is 40.3. The Bertz CT molecular complexity index is 459. The number of hydrogen-bond acceptors (Lipinski definition) is 4. The molecular weight excluding hydrogens is 358 g/mol. The summed E-state index contributed by atoms with van der Waals surface area (Å²) in [5.41, 5.74) is 0. The van der Waals surface area contributed by atoms with Crippen LogP contribution < -0.4 is 0 Å². The molecule has 0 aliphatic carbocycles. The van der Waals surface area contributed by atoms with Crippen molar-refractivity contribution in [3.63, 3.8) is 0 Å². The van der Waals surface area contributed by atoms with Crippen LogP contribution in [0.5, 0.6) is 0 Å². The van der Waals surface area contributed by atoms with Gasteiger partial charge in [0.05, 0.1) is 6.61 Å². The highest BCUT2D eigenvalue weighted by molar-refractivity contribution is 5.72. The smallest absolute Gasteiger partial charge is 0.362 e. The number of carbonyl (C=O) groups is 1. The molecule has 0 spiro atoms. The Labute approximate surface area is 170 Å². The molecule has 0 rings (SSSR count). The molecule has 0 aliphatic heterocycles. The van der Waals surface area contributed by atoms with Gasteiger partial charge >= 0.3 is 5.97 Å². The van der Waals surface area contributed by atoms with Crippen molar-refractivity contribution >= 4 is 5.97 Å². The quantitative estimate of drug-likeness (QED) is 0.161. The van der Waals surface area contributed by atoms with Gasteiger partial charge in [-0.15, -0.1) is 0 Å². The largest absolute Gasteiger partial charge is 0.507 e. The van der Waals surface area contributed by atoms with E-state index < -0.39 is 12.0 Å². The molecule has 0 fully saturated rings. The van der Waals surface area contributed by atoms with Gasteiger partial charge in [-0.1, -0.05) is 46.5 Å². The second-order valence-corrected chi connectivity index (χ2v) is 7.63. The summed E-state index contributed by atoms with van der Waals surface area (Å²) in [6.07, 6.45) is 11.6. The lowest BCUT2D eigenvalue weighted by molar-refractivity contribution is -0.937. The van der Waals surface area contributed by atoms with Crippen molar-refractivity contribution in [2.45, 2.75) is 84.6 Å². The van der Waals surface area contributed by atoms with Crippen LogP contribution in [0.3, 0.4) is 0 Å². The number of nitrogens with zero attached hydrogens (tertiary/aromatic N) is 1. The molecule has 0 aromatic heterocycles. The van der Waals surface area contributed by atoms with Crippen molar-refractivity contribution < 1.29 is 29.7 Å². The summed E-state index contributed by atoms with van der Waals surface area (Å²) in [6, 6.07) is -0.815. The lowest BCUT2D eigenvalue weighted by atomic mass is 10.1. The number of rotatable bonds is 17. The molecule has 1 unspecified atom stereocenters. The minimum atomic E-state index is -0.978. The van der Waals surface area contributed by atoms with E-state index in [1.54, 1.807) is 19.1 Å². The standard InChI is InChI=1S/C22H41NO5/c1-4-7-9-11-13-19(25)17-23(15-16-24,21(6-3)22(27)28)18-20(26)14-12-10-8-5-2/h13-14,21,24H,4-12,15-18H2,1-3H3,(H2-,25,26,27,28)/p+1/b19-13-,20-14-. The fourth-order valence-corrected chi connectivity index (χ4v) is 3.69. The number of quaternary nitrogens is 1. The molecular formula is C22H42NO5+. The number of carboxylic acids is 1. The number of aliphatic carboxylic acids is 1. The molecule has 0 aromatic rings. The van der Waals surface area contributed by atoms with Crippen molar-refractivity contribution in [2.24, 2.45) is 0 Å². The number of aliphatic hydroxyl groups is 3. The predicted molar refractivity (Wildman–Crippen MR) is 113 cm³/mol. The van der Waals surface area contributed by atoms with Gasteiger partial charge < -0.3 is 20.4 Å². The Hall–Kier alpha value is -1.53. The van der Waals surface area contributed by atoms with Crippen molar-refractivity contribution in [1.29, 1.82) is 0 Å². The maximum atomic E-state index is 11.9. The molecule has 6 nitrogen and oxygen atoms in total. The van der Waals surface area contributed by atoms with Crippen LogP contribution in [-0.2, 0) is 4.79 Å². The van der Waals surface area contributed by atoms with Crippen molar-refractivity contribution in [1.82, 2.24) is 0 Å². The summed E-state index contributed by atoms with van der Waals surface area (Å²) in [4.78, 5) is 11.9.